The molecule has 0 unspecified atom stereocenters. The lowest BCUT2D eigenvalue weighted by Crippen LogP contribution is -2.04. The van der Waals surface area contributed by atoms with Crippen LogP contribution in [0.3, 0.4) is 0 Å². The lowest BCUT2D eigenvalue weighted by atomic mass is 9.99. The van der Waals surface area contributed by atoms with Crippen molar-refractivity contribution in [2.24, 2.45) is 0 Å². The summed E-state index contributed by atoms with van der Waals surface area (Å²) in [7, 11) is -4.48. The summed E-state index contributed by atoms with van der Waals surface area (Å²) in [5.41, 5.74) is 0.933. The van der Waals surface area contributed by atoms with E-state index in [1.807, 2.05) is 0 Å². The van der Waals surface area contributed by atoms with E-state index in [0.29, 0.717) is 12.0 Å². The first-order valence-electron chi connectivity index (χ1n) is 6.40. The minimum absolute atomic E-state index is 0.169. The van der Waals surface area contributed by atoms with Gasteiger partial charge in [0.25, 0.3) is 0 Å². The standard InChI is InChI=1S/C12H23O6P/c1-3-4-5-6-7-11(10(2)12(13)14)8-9-18-19(15,16)17/h3-9H2,1-2H3,(H,13,14)(H2,15,16,17). The molecule has 0 heterocycles. The number of aliphatic carboxylic acids is 1. The van der Waals surface area contributed by atoms with Gasteiger partial charge in [-0.25, -0.2) is 9.36 Å². The SMILES string of the molecule is CCCCCCC(CCOP(=O)(O)O)=C(C)C(=O)O. The highest BCUT2D eigenvalue weighted by atomic mass is 31.2. The number of carboxylic acid groups (broad SMARTS) is 1. The van der Waals surface area contributed by atoms with Crippen LogP contribution in [-0.4, -0.2) is 27.5 Å². The third-order valence-corrected chi connectivity index (χ3v) is 3.37. The normalized spacial score (nSPS) is 13.3. The van der Waals surface area contributed by atoms with Gasteiger partial charge in [0.15, 0.2) is 0 Å². The van der Waals surface area contributed by atoms with Crippen LogP contribution in [0.25, 0.3) is 0 Å². The highest BCUT2D eigenvalue weighted by Gasteiger charge is 2.15. The van der Waals surface area contributed by atoms with Crippen LogP contribution in [0.15, 0.2) is 11.1 Å². The molecular formula is C12H23O6P. The molecule has 0 aliphatic rings. The van der Waals surface area contributed by atoms with Gasteiger partial charge in [0, 0.05) is 5.57 Å². The van der Waals surface area contributed by atoms with Gasteiger partial charge in [-0.1, -0.05) is 31.8 Å². The molecule has 0 rings (SSSR count). The Labute approximate surface area is 113 Å². The molecule has 3 N–H and O–H groups in total. The first-order chi connectivity index (χ1) is 8.78. The molecule has 19 heavy (non-hydrogen) atoms. The van der Waals surface area contributed by atoms with Gasteiger partial charge in [-0.05, 0) is 26.2 Å². The van der Waals surface area contributed by atoms with E-state index in [1.165, 1.54) is 6.92 Å². The van der Waals surface area contributed by atoms with Crippen LogP contribution in [0, 0.1) is 0 Å². The van der Waals surface area contributed by atoms with Crippen LogP contribution in [0.1, 0.15) is 52.4 Å². The van der Waals surface area contributed by atoms with E-state index in [0.717, 1.165) is 25.7 Å². The molecule has 0 atom stereocenters. The molecule has 6 nitrogen and oxygen atoms in total. The smallest absolute Gasteiger partial charge is 0.469 e. The first-order valence-corrected chi connectivity index (χ1v) is 7.93. The van der Waals surface area contributed by atoms with Gasteiger partial charge in [0.1, 0.15) is 0 Å². The second-order valence-electron chi connectivity index (χ2n) is 4.42. The van der Waals surface area contributed by atoms with E-state index in [-0.39, 0.29) is 18.6 Å². The van der Waals surface area contributed by atoms with Gasteiger partial charge in [0.05, 0.1) is 6.61 Å². The van der Waals surface area contributed by atoms with Gasteiger partial charge in [0.2, 0.25) is 0 Å². The topological polar surface area (TPSA) is 104 Å². The summed E-state index contributed by atoms with van der Waals surface area (Å²) in [5, 5.41) is 8.96. The Bertz CT molecular complexity index is 357. The molecule has 0 radical (unpaired) electrons. The van der Waals surface area contributed by atoms with Crippen molar-refractivity contribution in [2.75, 3.05) is 6.61 Å². The number of carbonyl (C=O) groups is 1. The average molecular weight is 294 g/mol. The van der Waals surface area contributed by atoms with E-state index >= 15 is 0 Å². The number of rotatable bonds is 10. The molecular weight excluding hydrogens is 271 g/mol. The molecule has 0 aliphatic carbocycles. The summed E-state index contributed by atoms with van der Waals surface area (Å²) in [6.45, 7) is 3.43. The van der Waals surface area contributed by atoms with E-state index < -0.39 is 13.8 Å². The second kappa shape index (κ2) is 9.26. The Kier molecular flexibility index (Phi) is 8.93. The lowest BCUT2D eigenvalue weighted by molar-refractivity contribution is -0.132. The van der Waals surface area contributed by atoms with E-state index in [9.17, 15) is 9.36 Å². The number of carboxylic acids is 1. The number of phosphoric ester groups is 1. The Morgan fingerprint density at radius 2 is 1.79 bits per heavy atom. The van der Waals surface area contributed by atoms with Crippen LogP contribution in [0.4, 0.5) is 0 Å². The largest absolute Gasteiger partial charge is 0.478 e. The maximum absolute atomic E-state index is 10.9. The van der Waals surface area contributed by atoms with Gasteiger partial charge >= 0.3 is 13.8 Å². The van der Waals surface area contributed by atoms with Crippen molar-refractivity contribution in [1.29, 1.82) is 0 Å². The van der Waals surface area contributed by atoms with E-state index in [4.69, 9.17) is 14.9 Å². The van der Waals surface area contributed by atoms with Crippen molar-refractivity contribution < 1.29 is 28.8 Å². The third kappa shape index (κ3) is 9.85. The first kappa shape index (κ1) is 18.3. The molecule has 0 spiro atoms. The predicted octanol–water partition coefficient (Wildman–Crippen LogP) is 2.86. The van der Waals surface area contributed by atoms with Gasteiger partial charge in [-0.2, -0.15) is 0 Å². The van der Waals surface area contributed by atoms with E-state index in [2.05, 4.69) is 11.4 Å². The molecule has 0 saturated heterocycles. The third-order valence-electron chi connectivity index (χ3n) is 2.85. The fourth-order valence-electron chi connectivity index (χ4n) is 1.70. The number of phosphoric acid groups is 1. The molecule has 0 aromatic rings. The second-order valence-corrected chi connectivity index (χ2v) is 5.66. The van der Waals surface area contributed by atoms with Crippen LogP contribution in [0.2, 0.25) is 0 Å². The van der Waals surface area contributed by atoms with Crippen molar-refractivity contribution in [3.63, 3.8) is 0 Å². The van der Waals surface area contributed by atoms with Crippen molar-refractivity contribution in [2.45, 2.75) is 52.4 Å². The highest BCUT2D eigenvalue weighted by Crippen LogP contribution is 2.36. The van der Waals surface area contributed by atoms with Gasteiger partial charge < -0.3 is 14.9 Å². The Hall–Kier alpha value is -0.680. The zero-order valence-corrected chi connectivity index (χ0v) is 12.4. The quantitative estimate of drug-likeness (QED) is 0.325. The Balaban J connectivity index is 4.40. The molecule has 0 aromatic heterocycles. The lowest BCUT2D eigenvalue weighted by Gasteiger charge is -2.11. The summed E-state index contributed by atoms with van der Waals surface area (Å²) >= 11 is 0. The minimum Gasteiger partial charge on any atom is -0.478 e. The molecule has 0 amide bonds. The highest BCUT2D eigenvalue weighted by molar-refractivity contribution is 7.46. The van der Waals surface area contributed by atoms with Gasteiger partial charge in [-0.3, -0.25) is 4.52 Å². The molecule has 112 valence electrons. The fourth-order valence-corrected chi connectivity index (χ4v) is 2.03. The zero-order chi connectivity index (χ0) is 14.9. The Morgan fingerprint density at radius 3 is 2.26 bits per heavy atom. The molecule has 0 bridgehead atoms. The van der Waals surface area contributed by atoms with Crippen LogP contribution < -0.4 is 0 Å². The number of hydrogen-bond acceptors (Lipinski definition) is 3. The van der Waals surface area contributed by atoms with E-state index in [1.54, 1.807) is 0 Å². The number of hydrogen-bond donors (Lipinski definition) is 3. The molecule has 0 fully saturated rings. The van der Waals surface area contributed by atoms with Crippen molar-refractivity contribution in [1.82, 2.24) is 0 Å². The maximum atomic E-state index is 10.9. The van der Waals surface area contributed by atoms with Crippen molar-refractivity contribution >= 4 is 13.8 Å². The number of unbranched alkanes of at least 4 members (excludes halogenated alkanes) is 3. The fraction of sp³-hybridized carbons (Fsp3) is 0.750. The van der Waals surface area contributed by atoms with Crippen LogP contribution in [-0.2, 0) is 13.9 Å². The zero-order valence-electron chi connectivity index (χ0n) is 11.5. The minimum atomic E-state index is -4.48. The summed E-state index contributed by atoms with van der Waals surface area (Å²) in [5.74, 6) is -0.998. The maximum Gasteiger partial charge on any atom is 0.469 e. The van der Waals surface area contributed by atoms with Crippen molar-refractivity contribution in [3.8, 4) is 0 Å². The van der Waals surface area contributed by atoms with Crippen LogP contribution in [0.5, 0.6) is 0 Å². The van der Waals surface area contributed by atoms with Crippen LogP contribution >= 0.6 is 7.82 Å². The summed E-state index contributed by atoms with van der Waals surface area (Å²) in [4.78, 5) is 28.1. The molecule has 0 aliphatic heterocycles. The molecule has 0 aromatic carbocycles. The van der Waals surface area contributed by atoms with Crippen molar-refractivity contribution in [3.05, 3.63) is 11.1 Å². The predicted molar refractivity (Wildman–Crippen MR) is 71.7 cm³/mol. The average Bonchev–Trinajstić information content (AvgIpc) is 2.29. The summed E-state index contributed by atoms with van der Waals surface area (Å²) < 4.78 is 14.9. The molecule has 7 heteroatoms. The van der Waals surface area contributed by atoms with Gasteiger partial charge in [-0.15, -0.1) is 0 Å². The Morgan fingerprint density at radius 1 is 1.16 bits per heavy atom. The monoisotopic (exact) mass is 294 g/mol. The molecule has 0 saturated carbocycles. The summed E-state index contributed by atoms with van der Waals surface area (Å²) in [6, 6.07) is 0. The summed E-state index contributed by atoms with van der Waals surface area (Å²) in [6.07, 6.45) is 4.95.